The van der Waals surface area contributed by atoms with Gasteiger partial charge in [0.05, 0.1) is 22.9 Å². The molecule has 0 aliphatic heterocycles. The summed E-state index contributed by atoms with van der Waals surface area (Å²) < 4.78 is 0. The molecule has 6 heteroatoms. The van der Waals surface area contributed by atoms with Gasteiger partial charge in [-0.2, -0.15) is 0 Å². The number of nitrogens with one attached hydrogen (secondary N) is 1. The highest BCUT2D eigenvalue weighted by Crippen LogP contribution is 2.26. The van der Waals surface area contributed by atoms with Crippen molar-refractivity contribution < 1.29 is 9.90 Å². The van der Waals surface area contributed by atoms with Gasteiger partial charge >= 0.3 is 0 Å². The Hall–Kier alpha value is -1.37. The molecule has 0 bridgehead atoms. The van der Waals surface area contributed by atoms with E-state index in [0.29, 0.717) is 5.56 Å². The molecule has 1 amide bonds. The van der Waals surface area contributed by atoms with E-state index in [1.54, 1.807) is 29.2 Å². The molecule has 0 saturated carbocycles. The summed E-state index contributed by atoms with van der Waals surface area (Å²) in [7, 11) is 0. The maximum atomic E-state index is 12.3. The fourth-order valence-electron chi connectivity index (χ4n) is 1.77. The number of amides is 1. The highest BCUT2D eigenvalue weighted by atomic mass is 32.2. The van der Waals surface area contributed by atoms with Crippen LogP contribution in [0.1, 0.15) is 29.9 Å². The molecule has 1 atom stereocenters. The first-order valence-corrected chi connectivity index (χ1v) is 9.06. The Morgan fingerprint density at radius 1 is 1.41 bits per heavy atom. The second kappa shape index (κ2) is 8.31. The summed E-state index contributed by atoms with van der Waals surface area (Å²) in [6.07, 6.45) is -0.529. The van der Waals surface area contributed by atoms with Crippen LogP contribution in [-0.4, -0.2) is 28.6 Å². The number of thiazole rings is 1. The number of thioether (sulfide) groups is 1. The number of carbonyl (C=O) groups excluding carboxylic acids is 1. The zero-order valence-electron chi connectivity index (χ0n) is 12.7. The predicted molar refractivity (Wildman–Crippen MR) is 91.3 cm³/mol. The molecule has 0 fully saturated rings. The third-order valence-electron chi connectivity index (χ3n) is 3.23. The fourth-order valence-corrected chi connectivity index (χ4v) is 3.38. The summed E-state index contributed by atoms with van der Waals surface area (Å²) >= 11 is 3.16. The van der Waals surface area contributed by atoms with Crippen molar-refractivity contribution in [2.24, 2.45) is 5.92 Å². The Morgan fingerprint density at radius 3 is 2.86 bits per heavy atom. The van der Waals surface area contributed by atoms with Gasteiger partial charge in [0.15, 0.2) is 0 Å². The molecule has 22 heavy (non-hydrogen) atoms. The topological polar surface area (TPSA) is 62.2 Å². The van der Waals surface area contributed by atoms with Gasteiger partial charge in [-0.1, -0.05) is 26.0 Å². The number of benzene rings is 1. The molecule has 2 N–H and O–H groups in total. The van der Waals surface area contributed by atoms with E-state index in [4.69, 9.17) is 0 Å². The van der Waals surface area contributed by atoms with Gasteiger partial charge in [-0.15, -0.1) is 23.1 Å². The minimum Gasteiger partial charge on any atom is -0.391 e. The lowest BCUT2D eigenvalue weighted by Gasteiger charge is -2.16. The van der Waals surface area contributed by atoms with Crippen LogP contribution in [0.3, 0.4) is 0 Å². The molecule has 1 heterocycles. The largest absolute Gasteiger partial charge is 0.391 e. The van der Waals surface area contributed by atoms with E-state index >= 15 is 0 Å². The number of carbonyl (C=O) groups is 1. The zero-order chi connectivity index (χ0) is 15.9. The van der Waals surface area contributed by atoms with Gasteiger partial charge < -0.3 is 10.4 Å². The van der Waals surface area contributed by atoms with Crippen molar-refractivity contribution >= 4 is 29.0 Å². The average molecular weight is 336 g/mol. The molecule has 1 aromatic carbocycles. The summed E-state index contributed by atoms with van der Waals surface area (Å²) in [5.74, 6) is 0.707. The minimum absolute atomic E-state index is 0.120. The van der Waals surface area contributed by atoms with E-state index in [1.165, 1.54) is 0 Å². The normalized spacial score (nSPS) is 12.4. The van der Waals surface area contributed by atoms with E-state index in [1.807, 2.05) is 42.9 Å². The van der Waals surface area contributed by atoms with Gasteiger partial charge in [0.1, 0.15) is 0 Å². The van der Waals surface area contributed by atoms with Crippen molar-refractivity contribution in [3.63, 3.8) is 0 Å². The van der Waals surface area contributed by atoms with Crippen LogP contribution >= 0.6 is 23.1 Å². The van der Waals surface area contributed by atoms with Crippen LogP contribution in [0.5, 0.6) is 0 Å². The average Bonchev–Trinajstić information content (AvgIpc) is 3.03. The smallest absolute Gasteiger partial charge is 0.252 e. The van der Waals surface area contributed by atoms with Crippen LogP contribution in [0.25, 0.3) is 0 Å². The number of rotatable bonds is 7. The van der Waals surface area contributed by atoms with Gasteiger partial charge in [-0.25, -0.2) is 4.98 Å². The van der Waals surface area contributed by atoms with Crippen LogP contribution in [0.4, 0.5) is 0 Å². The number of nitrogens with zero attached hydrogens (tertiary/aromatic N) is 1. The quantitative estimate of drug-likeness (QED) is 0.762. The summed E-state index contributed by atoms with van der Waals surface area (Å²) in [4.78, 5) is 17.5. The van der Waals surface area contributed by atoms with Crippen LogP contribution < -0.4 is 5.32 Å². The second-order valence-corrected chi connectivity index (χ2v) is 7.02. The summed E-state index contributed by atoms with van der Waals surface area (Å²) in [5.41, 5.74) is 3.46. The number of aromatic nitrogens is 1. The Morgan fingerprint density at radius 2 is 2.18 bits per heavy atom. The third kappa shape index (κ3) is 4.83. The lowest BCUT2D eigenvalue weighted by atomic mass is 10.1. The zero-order valence-corrected chi connectivity index (χ0v) is 14.3. The van der Waals surface area contributed by atoms with Crippen molar-refractivity contribution in [3.8, 4) is 0 Å². The number of aliphatic hydroxyl groups is 1. The van der Waals surface area contributed by atoms with E-state index in [-0.39, 0.29) is 18.4 Å². The lowest BCUT2D eigenvalue weighted by molar-refractivity contribution is 0.0869. The summed E-state index contributed by atoms with van der Waals surface area (Å²) in [6.45, 7) is 4.12. The van der Waals surface area contributed by atoms with Crippen molar-refractivity contribution in [2.75, 3.05) is 6.54 Å². The van der Waals surface area contributed by atoms with Gasteiger partial charge in [0.2, 0.25) is 0 Å². The molecule has 4 nitrogen and oxygen atoms in total. The first-order valence-electron chi connectivity index (χ1n) is 7.13. The maximum absolute atomic E-state index is 12.3. The molecule has 118 valence electrons. The van der Waals surface area contributed by atoms with E-state index in [9.17, 15) is 9.90 Å². The molecule has 1 aromatic heterocycles. The van der Waals surface area contributed by atoms with Crippen LogP contribution in [0.15, 0.2) is 40.1 Å². The SMILES string of the molecule is CC(C)C(O)CNC(=O)c1ccccc1SCc1cscn1. The van der Waals surface area contributed by atoms with Gasteiger partial charge in [-0.05, 0) is 18.1 Å². The van der Waals surface area contributed by atoms with Gasteiger partial charge in [0.25, 0.3) is 5.91 Å². The molecular weight excluding hydrogens is 316 g/mol. The van der Waals surface area contributed by atoms with Gasteiger partial charge in [-0.3, -0.25) is 4.79 Å². The van der Waals surface area contributed by atoms with Crippen LogP contribution in [0.2, 0.25) is 0 Å². The highest BCUT2D eigenvalue weighted by molar-refractivity contribution is 7.98. The number of hydrogen-bond acceptors (Lipinski definition) is 5. The Balaban J connectivity index is 1.99. The molecule has 0 aliphatic rings. The second-order valence-electron chi connectivity index (χ2n) is 5.29. The predicted octanol–water partition coefficient (Wildman–Crippen LogP) is 3.18. The van der Waals surface area contributed by atoms with Crippen LogP contribution in [0, 0.1) is 5.92 Å². The molecular formula is C16H20N2O2S2. The highest BCUT2D eigenvalue weighted by Gasteiger charge is 2.14. The standard InChI is InChI=1S/C16H20N2O2S2/c1-11(2)14(19)7-17-16(20)13-5-3-4-6-15(13)22-9-12-8-21-10-18-12/h3-6,8,10-11,14,19H,7,9H2,1-2H3,(H,17,20). The lowest BCUT2D eigenvalue weighted by Crippen LogP contribution is -2.34. The maximum Gasteiger partial charge on any atom is 0.252 e. The Kier molecular flexibility index (Phi) is 6.42. The molecule has 1 unspecified atom stereocenters. The van der Waals surface area contributed by atoms with Crippen molar-refractivity contribution in [1.82, 2.24) is 10.3 Å². The van der Waals surface area contributed by atoms with E-state index in [0.717, 1.165) is 16.3 Å². The first kappa shape index (κ1) is 17.0. The fraction of sp³-hybridized carbons (Fsp3) is 0.375. The molecule has 0 spiro atoms. The molecule has 2 rings (SSSR count). The summed E-state index contributed by atoms with van der Waals surface area (Å²) in [5, 5.41) is 14.6. The Bertz CT molecular complexity index is 600. The van der Waals surface area contributed by atoms with Crippen LogP contribution in [-0.2, 0) is 5.75 Å². The first-order chi connectivity index (χ1) is 10.6. The number of hydrogen-bond donors (Lipinski definition) is 2. The van der Waals surface area contributed by atoms with Crippen molar-refractivity contribution in [2.45, 2.75) is 30.6 Å². The number of aliphatic hydroxyl groups excluding tert-OH is 1. The van der Waals surface area contributed by atoms with E-state index < -0.39 is 6.10 Å². The Labute approximate surface area is 139 Å². The van der Waals surface area contributed by atoms with Crippen molar-refractivity contribution in [3.05, 3.63) is 46.4 Å². The third-order valence-corrected chi connectivity index (χ3v) is 4.97. The van der Waals surface area contributed by atoms with Crippen molar-refractivity contribution in [1.29, 1.82) is 0 Å². The summed E-state index contributed by atoms with van der Waals surface area (Å²) in [6, 6.07) is 7.51. The van der Waals surface area contributed by atoms with E-state index in [2.05, 4.69) is 10.3 Å². The molecule has 0 radical (unpaired) electrons. The molecule has 2 aromatic rings. The molecule has 0 saturated heterocycles. The molecule has 0 aliphatic carbocycles. The monoisotopic (exact) mass is 336 g/mol. The minimum atomic E-state index is -0.529. The van der Waals surface area contributed by atoms with Gasteiger partial charge in [0, 0.05) is 22.6 Å².